The van der Waals surface area contributed by atoms with Gasteiger partial charge in [-0.05, 0) is 42.8 Å². The molecule has 0 radical (unpaired) electrons. The van der Waals surface area contributed by atoms with Crippen LogP contribution in [0, 0.1) is 13.8 Å². The minimum absolute atomic E-state index is 0.0300. The predicted molar refractivity (Wildman–Crippen MR) is 72.8 cm³/mol. The topological polar surface area (TPSA) is 70.9 Å². The molecule has 1 atom stereocenters. The smallest absolute Gasteiger partial charge is 0.280 e. The van der Waals surface area contributed by atoms with E-state index in [2.05, 4.69) is 31.4 Å². The third-order valence-corrected chi connectivity index (χ3v) is 3.50. The van der Waals surface area contributed by atoms with Crippen LogP contribution >= 0.6 is 15.9 Å². The van der Waals surface area contributed by atoms with Crippen LogP contribution in [-0.4, -0.2) is 10.2 Å². The number of aromatic amines is 1. The Kier molecular flexibility index (Phi) is 3.56. The molecule has 5 nitrogen and oxygen atoms in total. The van der Waals surface area contributed by atoms with Crippen LogP contribution < -0.4 is 10.9 Å². The lowest BCUT2D eigenvalue weighted by molar-refractivity contribution is 0.500. The number of nitrogens with one attached hydrogen (secondary N) is 2. The highest BCUT2D eigenvalue weighted by Gasteiger charge is 2.14. The molecule has 18 heavy (non-hydrogen) atoms. The van der Waals surface area contributed by atoms with Crippen molar-refractivity contribution in [2.75, 3.05) is 5.32 Å². The summed E-state index contributed by atoms with van der Waals surface area (Å²) in [7, 11) is 0. The van der Waals surface area contributed by atoms with Crippen molar-refractivity contribution in [3.05, 3.63) is 44.2 Å². The lowest BCUT2D eigenvalue weighted by atomic mass is 10.1. The summed E-state index contributed by atoms with van der Waals surface area (Å²) in [6.45, 7) is 5.84. The van der Waals surface area contributed by atoms with E-state index in [0.717, 1.165) is 17.1 Å². The summed E-state index contributed by atoms with van der Waals surface area (Å²) in [4.78, 5) is 11.4. The molecule has 0 saturated carbocycles. The Morgan fingerprint density at radius 1 is 1.50 bits per heavy atom. The van der Waals surface area contributed by atoms with E-state index in [4.69, 9.17) is 4.42 Å². The molecular weight excluding hydrogens is 298 g/mol. The quantitative estimate of drug-likeness (QED) is 0.914. The van der Waals surface area contributed by atoms with E-state index in [9.17, 15) is 4.79 Å². The first-order valence-electron chi connectivity index (χ1n) is 5.55. The first-order chi connectivity index (χ1) is 8.49. The molecule has 0 fully saturated rings. The molecule has 1 unspecified atom stereocenters. The van der Waals surface area contributed by atoms with Gasteiger partial charge in [-0.15, -0.1) is 0 Å². The molecule has 0 aliphatic heterocycles. The zero-order chi connectivity index (χ0) is 13.3. The molecule has 0 spiro atoms. The molecular formula is C12H14BrN3O2. The third-order valence-electron chi connectivity index (χ3n) is 2.71. The van der Waals surface area contributed by atoms with Crippen molar-refractivity contribution in [3.8, 4) is 0 Å². The number of nitrogens with zero attached hydrogens (tertiary/aromatic N) is 1. The third kappa shape index (κ3) is 2.48. The average molecular weight is 312 g/mol. The first-order valence-corrected chi connectivity index (χ1v) is 6.35. The number of furan rings is 1. The van der Waals surface area contributed by atoms with E-state index in [-0.39, 0.29) is 11.6 Å². The van der Waals surface area contributed by atoms with E-state index in [1.165, 1.54) is 0 Å². The molecule has 0 amide bonds. The van der Waals surface area contributed by atoms with E-state index < -0.39 is 0 Å². The van der Waals surface area contributed by atoms with Gasteiger partial charge in [0.25, 0.3) is 5.56 Å². The molecule has 2 heterocycles. The Bertz CT molecular complexity index is 618. The molecule has 2 aromatic rings. The normalized spacial score (nSPS) is 12.4. The number of aromatic nitrogens is 2. The summed E-state index contributed by atoms with van der Waals surface area (Å²) in [5.41, 5.74) is 1.47. The maximum absolute atomic E-state index is 11.4. The van der Waals surface area contributed by atoms with E-state index in [1.807, 2.05) is 26.8 Å². The van der Waals surface area contributed by atoms with Crippen LogP contribution in [0.1, 0.15) is 30.0 Å². The summed E-state index contributed by atoms with van der Waals surface area (Å²) in [5, 5.41) is 9.36. The van der Waals surface area contributed by atoms with Crippen LogP contribution in [0.2, 0.25) is 0 Å². The maximum atomic E-state index is 11.4. The fraction of sp³-hybridized carbons (Fsp3) is 0.333. The zero-order valence-corrected chi connectivity index (χ0v) is 12.0. The highest BCUT2D eigenvalue weighted by Crippen LogP contribution is 2.26. The van der Waals surface area contributed by atoms with Crippen molar-refractivity contribution in [1.82, 2.24) is 10.2 Å². The molecule has 2 rings (SSSR count). The average Bonchev–Trinajstić information content (AvgIpc) is 2.64. The Balaban J connectivity index is 2.26. The SMILES string of the molecule is Cc1cc(C(C)Nc2cn[nH]c(=O)c2Br)c(C)o1. The van der Waals surface area contributed by atoms with E-state index in [0.29, 0.717) is 10.2 Å². The number of anilines is 1. The maximum Gasteiger partial charge on any atom is 0.280 e. The Morgan fingerprint density at radius 2 is 2.22 bits per heavy atom. The van der Waals surface area contributed by atoms with E-state index in [1.54, 1.807) is 6.20 Å². The second-order valence-electron chi connectivity index (χ2n) is 4.16. The Labute approximate surface area is 113 Å². The fourth-order valence-corrected chi connectivity index (χ4v) is 2.18. The van der Waals surface area contributed by atoms with E-state index >= 15 is 0 Å². The van der Waals surface area contributed by atoms with Gasteiger partial charge >= 0.3 is 0 Å². The summed E-state index contributed by atoms with van der Waals surface area (Å²) in [6, 6.07) is 2.02. The summed E-state index contributed by atoms with van der Waals surface area (Å²) >= 11 is 3.24. The van der Waals surface area contributed by atoms with Gasteiger partial charge in [-0.25, -0.2) is 5.10 Å². The van der Waals surface area contributed by atoms with Crippen molar-refractivity contribution < 1.29 is 4.42 Å². The summed E-state index contributed by atoms with van der Waals surface area (Å²) in [6.07, 6.45) is 1.57. The summed E-state index contributed by atoms with van der Waals surface area (Å²) in [5.74, 6) is 1.75. The van der Waals surface area contributed by atoms with Gasteiger partial charge in [-0.2, -0.15) is 5.10 Å². The lowest BCUT2D eigenvalue weighted by Crippen LogP contribution is -2.14. The van der Waals surface area contributed by atoms with Crippen molar-refractivity contribution in [1.29, 1.82) is 0 Å². The van der Waals surface area contributed by atoms with Crippen molar-refractivity contribution >= 4 is 21.6 Å². The lowest BCUT2D eigenvalue weighted by Gasteiger charge is -2.14. The van der Waals surface area contributed by atoms with Crippen LogP contribution in [0.15, 0.2) is 25.9 Å². The van der Waals surface area contributed by atoms with Crippen LogP contribution in [-0.2, 0) is 0 Å². The highest BCUT2D eigenvalue weighted by molar-refractivity contribution is 9.10. The van der Waals surface area contributed by atoms with Crippen molar-refractivity contribution in [2.24, 2.45) is 0 Å². The van der Waals surface area contributed by atoms with Gasteiger partial charge in [0, 0.05) is 5.56 Å². The van der Waals surface area contributed by atoms with Crippen LogP contribution in [0.25, 0.3) is 0 Å². The van der Waals surface area contributed by atoms with Gasteiger partial charge in [0.05, 0.1) is 17.9 Å². The molecule has 2 aromatic heterocycles. The van der Waals surface area contributed by atoms with Gasteiger partial charge < -0.3 is 9.73 Å². The molecule has 0 aromatic carbocycles. The molecule has 0 aliphatic carbocycles. The van der Waals surface area contributed by atoms with Crippen molar-refractivity contribution in [2.45, 2.75) is 26.8 Å². The highest BCUT2D eigenvalue weighted by atomic mass is 79.9. The number of H-pyrrole nitrogens is 1. The molecule has 0 aliphatic rings. The standard InChI is InChI=1S/C12H14BrN3O2/c1-6-4-9(8(3)18-6)7(2)15-10-5-14-16-12(17)11(10)13/h4-5,7H,1-3H3,(H2,15,16,17). The minimum Gasteiger partial charge on any atom is -0.466 e. The van der Waals surface area contributed by atoms with Crippen LogP contribution in [0.5, 0.6) is 0 Å². The molecule has 6 heteroatoms. The summed E-state index contributed by atoms with van der Waals surface area (Å²) < 4.78 is 5.94. The second kappa shape index (κ2) is 4.97. The molecule has 0 saturated heterocycles. The number of hydrogen-bond donors (Lipinski definition) is 2. The Morgan fingerprint density at radius 3 is 2.83 bits per heavy atom. The fourth-order valence-electron chi connectivity index (χ4n) is 1.88. The number of rotatable bonds is 3. The van der Waals surface area contributed by atoms with Crippen LogP contribution in [0.4, 0.5) is 5.69 Å². The zero-order valence-electron chi connectivity index (χ0n) is 10.4. The molecule has 2 N–H and O–H groups in total. The predicted octanol–water partition coefficient (Wildman–Crippen LogP) is 2.92. The second-order valence-corrected chi connectivity index (χ2v) is 4.95. The van der Waals surface area contributed by atoms with Crippen LogP contribution in [0.3, 0.4) is 0 Å². The minimum atomic E-state index is -0.257. The van der Waals surface area contributed by atoms with Gasteiger partial charge in [-0.1, -0.05) is 0 Å². The van der Waals surface area contributed by atoms with Gasteiger partial charge in [-0.3, -0.25) is 4.79 Å². The number of aryl methyl sites for hydroxylation is 2. The number of halogens is 1. The Hall–Kier alpha value is -1.56. The monoisotopic (exact) mass is 311 g/mol. The first kappa shape index (κ1) is 12.9. The van der Waals surface area contributed by atoms with Gasteiger partial charge in [0.2, 0.25) is 0 Å². The molecule has 0 bridgehead atoms. The molecule has 96 valence electrons. The van der Waals surface area contributed by atoms with Gasteiger partial charge in [0.15, 0.2) is 0 Å². The van der Waals surface area contributed by atoms with Gasteiger partial charge in [0.1, 0.15) is 16.0 Å². The van der Waals surface area contributed by atoms with Crippen molar-refractivity contribution in [3.63, 3.8) is 0 Å². The largest absolute Gasteiger partial charge is 0.466 e. The number of hydrogen-bond acceptors (Lipinski definition) is 4.